The Morgan fingerprint density at radius 2 is 1.77 bits per heavy atom. The molecule has 2 aromatic heterocycles. The highest BCUT2D eigenvalue weighted by molar-refractivity contribution is 7.09. The summed E-state index contributed by atoms with van der Waals surface area (Å²) in [7, 11) is 1.65. The molecule has 0 unspecified atom stereocenters. The van der Waals surface area contributed by atoms with Gasteiger partial charge in [0.2, 0.25) is 0 Å². The average molecular weight is 370 g/mol. The highest BCUT2D eigenvalue weighted by atomic mass is 32.1. The zero-order chi connectivity index (χ0) is 17.8. The van der Waals surface area contributed by atoms with Crippen molar-refractivity contribution in [3.63, 3.8) is 0 Å². The topological polar surface area (TPSA) is 54.6 Å². The first-order chi connectivity index (χ1) is 12.8. The maximum Gasteiger partial charge on any atom is 0.257 e. The first-order valence-corrected chi connectivity index (χ1v) is 9.62. The van der Waals surface area contributed by atoms with Crippen molar-refractivity contribution in [1.29, 1.82) is 0 Å². The molecule has 7 heteroatoms. The number of ether oxygens (including phenoxy) is 1. The lowest BCUT2D eigenvalue weighted by Crippen LogP contribution is -2.45. The zero-order valence-corrected chi connectivity index (χ0v) is 15.6. The number of hydrogen-bond acceptors (Lipinski definition) is 7. The summed E-state index contributed by atoms with van der Waals surface area (Å²) in [5, 5.41) is 6.28. The number of thiophene rings is 1. The molecular weight excluding hydrogens is 348 g/mol. The van der Waals surface area contributed by atoms with Gasteiger partial charge in [0, 0.05) is 43.2 Å². The van der Waals surface area contributed by atoms with Gasteiger partial charge < -0.3 is 9.26 Å². The van der Waals surface area contributed by atoms with Crippen molar-refractivity contribution in [2.24, 2.45) is 0 Å². The van der Waals surface area contributed by atoms with Crippen molar-refractivity contribution in [2.45, 2.75) is 13.1 Å². The van der Waals surface area contributed by atoms with Gasteiger partial charge in [-0.2, -0.15) is 4.98 Å². The summed E-state index contributed by atoms with van der Waals surface area (Å²) in [6.45, 7) is 5.97. The largest absolute Gasteiger partial charge is 0.497 e. The molecule has 0 N–H and O–H groups in total. The molecule has 1 aliphatic rings. The average Bonchev–Trinajstić information content (AvgIpc) is 3.36. The lowest BCUT2D eigenvalue weighted by molar-refractivity contribution is 0.120. The van der Waals surface area contributed by atoms with Crippen LogP contribution in [0.1, 0.15) is 10.7 Å². The molecule has 0 aliphatic carbocycles. The summed E-state index contributed by atoms with van der Waals surface area (Å²) < 4.78 is 10.6. The molecule has 1 aromatic carbocycles. The number of nitrogens with zero attached hydrogens (tertiary/aromatic N) is 4. The minimum atomic E-state index is 0.555. The number of aromatic nitrogens is 2. The molecule has 136 valence electrons. The van der Waals surface area contributed by atoms with Crippen LogP contribution < -0.4 is 4.74 Å². The van der Waals surface area contributed by atoms with Gasteiger partial charge in [-0.15, -0.1) is 11.3 Å². The fourth-order valence-corrected chi connectivity index (χ4v) is 3.84. The SMILES string of the molecule is COc1ccc(-c2nc(CN3CCN(Cc4cccs4)CC3)no2)cc1. The molecule has 6 nitrogen and oxygen atoms in total. The van der Waals surface area contributed by atoms with Gasteiger partial charge in [-0.05, 0) is 35.7 Å². The van der Waals surface area contributed by atoms with E-state index in [1.54, 1.807) is 7.11 Å². The Labute approximate surface area is 157 Å². The van der Waals surface area contributed by atoms with E-state index in [9.17, 15) is 0 Å². The van der Waals surface area contributed by atoms with Crippen LogP contribution in [0, 0.1) is 0 Å². The fraction of sp³-hybridized carbons (Fsp3) is 0.368. The zero-order valence-electron chi connectivity index (χ0n) is 14.8. The standard InChI is InChI=1S/C19H22N4O2S/c1-24-16-6-4-15(5-7-16)19-20-18(21-25-19)14-23-10-8-22(9-11-23)13-17-3-2-12-26-17/h2-7,12H,8-11,13-14H2,1H3. The smallest absolute Gasteiger partial charge is 0.257 e. The molecule has 26 heavy (non-hydrogen) atoms. The van der Waals surface area contributed by atoms with Crippen molar-refractivity contribution in [1.82, 2.24) is 19.9 Å². The Balaban J connectivity index is 1.30. The van der Waals surface area contributed by atoms with Crippen LogP contribution in [-0.4, -0.2) is 53.2 Å². The first kappa shape index (κ1) is 17.2. The molecule has 1 fully saturated rings. The summed E-state index contributed by atoms with van der Waals surface area (Å²) in [6.07, 6.45) is 0. The minimum Gasteiger partial charge on any atom is -0.497 e. The van der Waals surface area contributed by atoms with E-state index in [4.69, 9.17) is 9.26 Å². The predicted molar refractivity (Wildman–Crippen MR) is 101 cm³/mol. The molecular formula is C19H22N4O2S. The number of benzene rings is 1. The summed E-state index contributed by atoms with van der Waals surface area (Å²) >= 11 is 1.83. The number of rotatable bonds is 6. The molecule has 0 bridgehead atoms. The van der Waals surface area contributed by atoms with Crippen LogP contribution in [0.15, 0.2) is 46.3 Å². The summed E-state index contributed by atoms with van der Waals surface area (Å²) in [4.78, 5) is 10.9. The van der Waals surface area contributed by atoms with Crippen molar-refractivity contribution < 1.29 is 9.26 Å². The Bertz CT molecular complexity index is 808. The monoisotopic (exact) mass is 370 g/mol. The van der Waals surface area contributed by atoms with Crippen LogP contribution in [-0.2, 0) is 13.1 Å². The molecule has 0 amide bonds. The Hall–Kier alpha value is -2.22. The number of hydrogen-bond donors (Lipinski definition) is 0. The summed E-state index contributed by atoms with van der Waals surface area (Å²) in [5.74, 6) is 2.11. The van der Waals surface area contributed by atoms with E-state index in [1.807, 2.05) is 35.6 Å². The highest BCUT2D eigenvalue weighted by Crippen LogP contribution is 2.21. The van der Waals surface area contributed by atoms with Gasteiger partial charge in [0.15, 0.2) is 5.82 Å². The molecule has 0 spiro atoms. The van der Waals surface area contributed by atoms with Gasteiger partial charge in [0.1, 0.15) is 5.75 Å². The Morgan fingerprint density at radius 1 is 1.04 bits per heavy atom. The lowest BCUT2D eigenvalue weighted by atomic mass is 10.2. The Morgan fingerprint density at radius 3 is 2.42 bits per heavy atom. The van der Waals surface area contributed by atoms with Crippen molar-refractivity contribution in [3.8, 4) is 17.2 Å². The third kappa shape index (κ3) is 4.12. The molecule has 0 saturated carbocycles. The van der Waals surface area contributed by atoms with E-state index in [0.29, 0.717) is 5.89 Å². The quantitative estimate of drug-likeness (QED) is 0.664. The van der Waals surface area contributed by atoms with E-state index >= 15 is 0 Å². The molecule has 1 aliphatic heterocycles. The van der Waals surface area contributed by atoms with Crippen LogP contribution in [0.5, 0.6) is 5.75 Å². The van der Waals surface area contributed by atoms with Gasteiger partial charge in [-0.1, -0.05) is 11.2 Å². The predicted octanol–water partition coefficient (Wildman–Crippen LogP) is 3.12. The molecule has 0 atom stereocenters. The van der Waals surface area contributed by atoms with Crippen LogP contribution in [0.4, 0.5) is 0 Å². The molecule has 1 saturated heterocycles. The molecule has 3 aromatic rings. The Kier molecular flexibility index (Phi) is 5.29. The maximum atomic E-state index is 5.42. The van der Waals surface area contributed by atoms with Crippen molar-refractivity contribution >= 4 is 11.3 Å². The third-order valence-corrected chi connectivity index (χ3v) is 5.46. The first-order valence-electron chi connectivity index (χ1n) is 8.74. The molecule has 4 rings (SSSR count). The third-order valence-electron chi connectivity index (χ3n) is 4.59. The maximum absolute atomic E-state index is 5.42. The number of methoxy groups -OCH3 is 1. The van der Waals surface area contributed by atoms with E-state index in [-0.39, 0.29) is 0 Å². The second-order valence-corrected chi connectivity index (χ2v) is 7.41. The van der Waals surface area contributed by atoms with Gasteiger partial charge in [-0.3, -0.25) is 9.80 Å². The van der Waals surface area contributed by atoms with Gasteiger partial charge in [0.05, 0.1) is 13.7 Å². The van der Waals surface area contributed by atoms with Crippen LogP contribution in [0.25, 0.3) is 11.5 Å². The van der Waals surface area contributed by atoms with E-state index in [0.717, 1.165) is 56.4 Å². The van der Waals surface area contributed by atoms with Crippen LogP contribution >= 0.6 is 11.3 Å². The van der Waals surface area contributed by atoms with Crippen LogP contribution in [0.3, 0.4) is 0 Å². The normalized spacial score (nSPS) is 16.0. The fourth-order valence-electron chi connectivity index (χ4n) is 3.10. The summed E-state index contributed by atoms with van der Waals surface area (Å²) in [6, 6.07) is 12.0. The number of piperazine rings is 1. The second-order valence-electron chi connectivity index (χ2n) is 6.38. The van der Waals surface area contributed by atoms with E-state index < -0.39 is 0 Å². The van der Waals surface area contributed by atoms with Crippen molar-refractivity contribution in [3.05, 3.63) is 52.5 Å². The minimum absolute atomic E-state index is 0.555. The van der Waals surface area contributed by atoms with E-state index in [1.165, 1.54) is 4.88 Å². The molecule has 3 heterocycles. The second kappa shape index (κ2) is 7.99. The molecule has 0 radical (unpaired) electrons. The van der Waals surface area contributed by atoms with Crippen LogP contribution in [0.2, 0.25) is 0 Å². The van der Waals surface area contributed by atoms with Gasteiger partial charge in [-0.25, -0.2) is 0 Å². The van der Waals surface area contributed by atoms with E-state index in [2.05, 4.69) is 37.5 Å². The summed E-state index contributed by atoms with van der Waals surface area (Å²) in [5.41, 5.74) is 0.908. The highest BCUT2D eigenvalue weighted by Gasteiger charge is 2.19. The van der Waals surface area contributed by atoms with Gasteiger partial charge >= 0.3 is 0 Å². The lowest BCUT2D eigenvalue weighted by Gasteiger charge is -2.33. The van der Waals surface area contributed by atoms with Crippen molar-refractivity contribution in [2.75, 3.05) is 33.3 Å². The van der Waals surface area contributed by atoms with Gasteiger partial charge in [0.25, 0.3) is 5.89 Å².